The number of anilines is 1. The maximum atomic E-state index is 12.2. The van der Waals surface area contributed by atoms with Crippen molar-refractivity contribution in [3.05, 3.63) is 54.1 Å². The fraction of sp³-hybridized carbons (Fsp3) is 0.333. The van der Waals surface area contributed by atoms with Gasteiger partial charge in [-0.3, -0.25) is 0 Å². The van der Waals surface area contributed by atoms with Gasteiger partial charge in [0, 0.05) is 24.6 Å². The molecule has 7 nitrogen and oxygen atoms in total. The number of rotatable bonds is 7. The van der Waals surface area contributed by atoms with E-state index >= 15 is 0 Å². The Kier molecular flexibility index (Phi) is 4.37. The zero-order valence-electron chi connectivity index (χ0n) is 14.5. The second-order valence-electron chi connectivity index (χ2n) is 6.66. The molecule has 0 unspecified atom stereocenters. The Morgan fingerprint density at radius 2 is 2.08 bits per heavy atom. The van der Waals surface area contributed by atoms with Crippen LogP contribution >= 0.6 is 0 Å². The van der Waals surface area contributed by atoms with Crippen molar-refractivity contribution in [2.45, 2.75) is 31.2 Å². The summed E-state index contributed by atoms with van der Waals surface area (Å²) in [6, 6.07) is 9.21. The molecule has 0 radical (unpaired) electrons. The summed E-state index contributed by atoms with van der Waals surface area (Å²) >= 11 is 0. The van der Waals surface area contributed by atoms with E-state index in [0.29, 0.717) is 24.8 Å². The number of pyridine rings is 2. The first kappa shape index (κ1) is 17.0. The Hall–Kier alpha value is -2.45. The molecule has 4 rings (SSSR count). The van der Waals surface area contributed by atoms with E-state index in [1.165, 1.54) is 6.20 Å². The molecule has 0 aliphatic heterocycles. The maximum absolute atomic E-state index is 12.2. The van der Waals surface area contributed by atoms with E-state index in [1.807, 2.05) is 35.7 Å². The zero-order chi connectivity index (χ0) is 18.1. The van der Waals surface area contributed by atoms with Crippen molar-refractivity contribution in [3.63, 3.8) is 0 Å². The average molecular weight is 371 g/mol. The minimum atomic E-state index is -3.48. The monoisotopic (exact) mass is 371 g/mol. The van der Waals surface area contributed by atoms with Gasteiger partial charge in [-0.1, -0.05) is 6.07 Å². The number of hydrogen-bond acceptors (Lipinski definition) is 5. The Labute approximate surface area is 152 Å². The number of aromatic nitrogens is 3. The average Bonchev–Trinajstić information content (AvgIpc) is 3.37. The minimum Gasteiger partial charge on any atom is -0.364 e. The number of hydrogen-bond donors (Lipinski definition) is 2. The van der Waals surface area contributed by atoms with Crippen LogP contribution in [0.3, 0.4) is 0 Å². The Bertz CT molecular complexity index is 1020. The van der Waals surface area contributed by atoms with Gasteiger partial charge in [0.2, 0.25) is 10.0 Å². The van der Waals surface area contributed by atoms with Gasteiger partial charge >= 0.3 is 0 Å². The van der Waals surface area contributed by atoms with Crippen molar-refractivity contribution >= 4 is 21.5 Å². The van der Waals surface area contributed by atoms with E-state index in [9.17, 15) is 8.42 Å². The standard InChI is InChI=1S/C18H21N5O2S/c1-13-3-2-4-18-22-15(12-23(13)18)10-19-17-8-7-16(11-20-17)26(24,25)21-9-14-5-6-14/h2-4,7-8,11-12,14,21H,5-6,9-10H2,1H3,(H,19,20). The number of nitrogens with one attached hydrogen (secondary N) is 2. The first-order chi connectivity index (χ1) is 12.5. The lowest BCUT2D eigenvalue weighted by molar-refractivity contribution is 0.577. The second-order valence-corrected chi connectivity index (χ2v) is 8.42. The molecule has 0 bridgehead atoms. The molecule has 3 heterocycles. The van der Waals surface area contributed by atoms with E-state index in [0.717, 1.165) is 29.9 Å². The van der Waals surface area contributed by atoms with Crippen LogP contribution in [0, 0.1) is 12.8 Å². The smallest absolute Gasteiger partial charge is 0.242 e. The van der Waals surface area contributed by atoms with Crippen LogP contribution in [0.15, 0.2) is 47.6 Å². The predicted molar refractivity (Wildman–Crippen MR) is 99.4 cm³/mol. The summed E-state index contributed by atoms with van der Waals surface area (Å²) in [5, 5.41) is 3.18. The van der Waals surface area contributed by atoms with E-state index in [4.69, 9.17) is 0 Å². The molecule has 8 heteroatoms. The lowest BCUT2D eigenvalue weighted by Crippen LogP contribution is -2.25. The van der Waals surface area contributed by atoms with Crippen molar-refractivity contribution in [1.29, 1.82) is 0 Å². The Morgan fingerprint density at radius 1 is 1.23 bits per heavy atom. The van der Waals surface area contributed by atoms with Gasteiger partial charge in [-0.05, 0) is 49.9 Å². The number of fused-ring (bicyclic) bond motifs is 1. The van der Waals surface area contributed by atoms with Gasteiger partial charge in [-0.15, -0.1) is 0 Å². The largest absolute Gasteiger partial charge is 0.364 e. The molecule has 1 aliphatic carbocycles. The number of sulfonamides is 1. The van der Waals surface area contributed by atoms with Gasteiger partial charge in [0.05, 0.1) is 12.2 Å². The molecule has 1 fully saturated rings. The van der Waals surface area contributed by atoms with Gasteiger partial charge < -0.3 is 9.72 Å². The van der Waals surface area contributed by atoms with Gasteiger partial charge in [0.15, 0.2) is 0 Å². The quantitative estimate of drug-likeness (QED) is 0.665. The van der Waals surface area contributed by atoms with Crippen LogP contribution in [-0.4, -0.2) is 29.3 Å². The van der Waals surface area contributed by atoms with Gasteiger partial charge in [0.1, 0.15) is 16.4 Å². The van der Waals surface area contributed by atoms with Crippen LogP contribution in [0.2, 0.25) is 0 Å². The molecular formula is C18H21N5O2S. The summed E-state index contributed by atoms with van der Waals surface area (Å²) in [7, 11) is -3.48. The molecule has 136 valence electrons. The highest BCUT2D eigenvalue weighted by atomic mass is 32.2. The molecule has 1 aliphatic rings. The summed E-state index contributed by atoms with van der Waals surface area (Å²) in [4.78, 5) is 8.96. The normalized spacial score (nSPS) is 14.7. The summed E-state index contributed by atoms with van der Waals surface area (Å²) in [6.07, 6.45) is 5.57. The summed E-state index contributed by atoms with van der Waals surface area (Å²) < 4.78 is 29.1. The first-order valence-electron chi connectivity index (χ1n) is 8.64. The SMILES string of the molecule is Cc1cccc2nc(CNc3ccc(S(=O)(=O)NCC4CC4)cn3)cn12. The fourth-order valence-electron chi connectivity index (χ4n) is 2.74. The lowest BCUT2D eigenvalue weighted by atomic mass is 10.4. The summed E-state index contributed by atoms with van der Waals surface area (Å²) in [6.45, 7) is 3.06. The van der Waals surface area contributed by atoms with E-state index in [-0.39, 0.29) is 4.90 Å². The fourth-order valence-corrected chi connectivity index (χ4v) is 3.80. The molecule has 0 amide bonds. The molecule has 0 spiro atoms. The van der Waals surface area contributed by atoms with E-state index in [1.54, 1.807) is 12.1 Å². The van der Waals surface area contributed by atoms with E-state index < -0.39 is 10.0 Å². The van der Waals surface area contributed by atoms with E-state index in [2.05, 4.69) is 20.0 Å². The summed E-state index contributed by atoms with van der Waals surface area (Å²) in [5.74, 6) is 1.10. The molecule has 0 aromatic carbocycles. The number of imidazole rings is 1. The third kappa shape index (κ3) is 3.71. The first-order valence-corrected chi connectivity index (χ1v) is 10.1. The minimum absolute atomic E-state index is 0.187. The van der Waals surface area contributed by atoms with Crippen LogP contribution in [0.1, 0.15) is 24.2 Å². The second kappa shape index (κ2) is 6.69. The van der Waals surface area contributed by atoms with Crippen molar-refractivity contribution in [3.8, 4) is 0 Å². The van der Waals surface area contributed by atoms with Crippen molar-refractivity contribution < 1.29 is 8.42 Å². The lowest BCUT2D eigenvalue weighted by Gasteiger charge is -2.07. The van der Waals surface area contributed by atoms with Crippen LogP contribution in [0.4, 0.5) is 5.82 Å². The highest BCUT2D eigenvalue weighted by molar-refractivity contribution is 7.89. The predicted octanol–water partition coefficient (Wildman–Crippen LogP) is 2.34. The highest BCUT2D eigenvalue weighted by Gasteiger charge is 2.24. The van der Waals surface area contributed by atoms with Crippen LogP contribution in [0.25, 0.3) is 5.65 Å². The van der Waals surface area contributed by atoms with Gasteiger partial charge in [-0.25, -0.2) is 23.1 Å². The molecule has 0 atom stereocenters. The van der Waals surface area contributed by atoms with Crippen molar-refractivity contribution in [2.24, 2.45) is 5.92 Å². The summed E-state index contributed by atoms with van der Waals surface area (Å²) in [5.41, 5.74) is 2.91. The van der Waals surface area contributed by atoms with Crippen molar-refractivity contribution in [1.82, 2.24) is 19.1 Å². The van der Waals surface area contributed by atoms with Crippen LogP contribution in [-0.2, 0) is 16.6 Å². The number of nitrogens with zero attached hydrogens (tertiary/aromatic N) is 3. The Balaban J connectivity index is 1.41. The molecule has 1 saturated carbocycles. The van der Waals surface area contributed by atoms with Crippen molar-refractivity contribution in [2.75, 3.05) is 11.9 Å². The third-order valence-electron chi connectivity index (χ3n) is 4.50. The highest BCUT2D eigenvalue weighted by Crippen LogP contribution is 2.28. The maximum Gasteiger partial charge on any atom is 0.242 e. The number of aryl methyl sites for hydroxylation is 1. The molecule has 3 aromatic rings. The Morgan fingerprint density at radius 3 is 2.77 bits per heavy atom. The molecule has 3 aromatic heterocycles. The van der Waals surface area contributed by atoms with Crippen LogP contribution < -0.4 is 10.0 Å². The van der Waals surface area contributed by atoms with Gasteiger partial charge in [0.25, 0.3) is 0 Å². The molecular weight excluding hydrogens is 350 g/mol. The third-order valence-corrected chi connectivity index (χ3v) is 5.91. The molecule has 26 heavy (non-hydrogen) atoms. The van der Waals surface area contributed by atoms with Crippen LogP contribution in [0.5, 0.6) is 0 Å². The molecule has 2 N–H and O–H groups in total. The molecule has 0 saturated heterocycles. The van der Waals surface area contributed by atoms with Gasteiger partial charge in [-0.2, -0.15) is 0 Å². The zero-order valence-corrected chi connectivity index (χ0v) is 15.3. The topological polar surface area (TPSA) is 88.4 Å².